The van der Waals surface area contributed by atoms with Gasteiger partial charge in [0.15, 0.2) is 0 Å². The normalized spacial score (nSPS) is 20.0. The first-order valence-corrected chi connectivity index (χ1v) is 10.3. The topological polar surface area (TPSA) is 50.2 Å². The zero-order valence-corrected chi connectivity index (χ0v) is 16.4. The fourth-order valence-electron chi connectivity index (χ4n) is 3.82. The average Bonchev–Trinajstić information content (AvgIpc) is 3.42. The van der Waals surface area contributed by atoms with Crippen LogP contribution in [0.25, 0.3) is 0 Å². The Labute approximate surface area is 161 Å². The summed E-state index contributed by atoms with van der Waals surface area (Å²) in [7, 11) is 0. The van der Waals surface area contributed by atoms with Gasteiger partial charge in [-0.2, -0.15) is 5.10 Å². The Hall–Kier alpha value is -2.14. The molecule has 0 radical (unpaired) electrons. The highest BCUT2D eigenvalue weighted by molar-refractivity contribution is 5.92. The van der Waals surface area contributed by atoms with Crippen LogP contribution >= 0.6 is 0 Å². The van der Waals surface area contributed by atoms with Crippen LogP contribution in [0.4, 0.5) is 0 Å². The minimum Gasteiger partial charge on any atom is -0.330 e. The summed E-state index contributed by atoms with van der Waals surface area (Å²) in [6.45, 7) is 7.08. The Bertz CT molecular complexity index is 770. The maximum Gasteiger partial charge on any atom is 0.274 e. The number of benzene rings is 1. The lowest BCUT2D eigenvalue weighted by atomic mass is 10.0. The molecule has 1 aromatic carbocycles. The van der Waals surface area contributed by atoms with Crippen molar-refractivity contribution in [2.24, 2.45) is 0 Å². The monoisotopic (exact) mass is 366 g/mol. The molecule has 1 amide bonds. The second-order valence-electron chi connectivity index (χ2n) is 8.24. The Balaban J connectivity index is 1.47. The van der Waals surface area contributed by atoms with Gasteiger partial charge >= 0.3 is 0 Å². The van der Waals surface area contributed by atoms with Crippen molar-refractivity contribution in [3.63, 3.8) is 0 Å². The highest BCUT2D eigenvalue weighted by Gasteiger charge is 2.34. The molecule has 2 fully saturated rings. The van der Waals surface area contributed by atoms with Crippen LogP contribution in [0.1, 0.15) is 73.1 Å². The summed E-state index contributed by atoms with van der Waals surface area (Å²) in [4.78, 5) is 15.1. The van der Waals surface area contributed by atoms with E-state index in [0.717, 1.165) is 38.8 Å². The number of hydrogen-bond acceptors (Lipinski definition) is 3. The maximum absolute atomic E-state index is 13.1. The maximum atomic E-state index is 13.1. The zero-order valence-electron chi connectivity index (χ0n) is 16.4. The third-order valence-electron chi connectivity index (χ3n) is 5.72. The molecule has 2 aromatic rings. The predicted octanol–water partition coefficient (Wildman–Crippen LogP) is 3.74. The summed E-state index contributed by atoms with van der Waals surface area (Å²) in [5, 5.41) is 8.04. The molecule has 1 aliphatic heterocycles. The molecular weight excluding hydrogens is 336 g/mol. The lowest BCUT2D eigenvalue weighted by Crippen LogP contribution is -2.34. The van der Waals surface area contributed by atoms with Gasteiger partial charge in [0, 0.05) is 25.3 Å². The molecule has 1 atom stereocenters. The Morgan fingerprint density at radius 1 is 1.22 bits per heavy atom. The third-order valence-corrected chi connectivity index (χ3v) is 5.72. The van der Waals surface area contributed by atoms with Gasteiger partial charge in [-0.1, -0.05) is 38.1 Å². The van der Waals surface area contributed by atoms with E-state index >= 15 is 0 Å². The van der Waals surface area contributed by atoms with Crippen LogP contribution in [0.15, 0.2) is 36.5 Å². The number of nitrogens with one attached hydrogen (secondary N) is 1. The van der Waals surface area contributed by atoms with Gasteiger partial charge in [-0.15, -0.1) is 0 Å². The van der Waals surface area contributed by atoms with Gasteiger partial charge in [0.2, 0.25) is 0 Å². The molecule has 1 aliphatic carbocycles. The van der Waals surface area contributed by atoms with Gasteiger partial charge < -0.3 is 10.2 Å². The van der Waals surface area contributed by atoms with Gasteiger partial charge in [-0.25, -0.2) is 0 Å². The molecule has 27 heavy (non-hydrogen) atoms. The number of rotatable bonds is 6. The molecule has 2 aliphatic rings. The molecule has 5 heteroatoms. The van der Waals surface area contributed by atoms with Crippen LogP contribution < -0.4 is 5.32 Å². The van der Waals surface area contributed by atoms with Crippen LogP contribution in [0.3, 0.4) is 0 Å². The number of carbonyl (C=O) groups is 1. The lowest BCUT2D eigenvalue weighted by molar-refractivity contribution is 0.0722. The van der Waals surface area contributed by atoms with Crippen molar-refractivity contribution in [2.75, 3.05) is 13.1 Å². The molecule has 1 unspecified atom stereocenters. The fraction of sp³-hybridized carbons (Fsp3) is 0.545. The SMILES string of the molecule is CC(C)c1ccc(CN(C(=O)c2ccn(C3CCCNC3)n2)C2CC2)cc1. The predicted molar refractivity (Wildman–Crippen MR) is 107 cm³/mol. The number of piperidine rings is 1. The molecule has 5 nitrogen and oxygen atoms in total. The number of nitrogens with zero attached hydrogens (tertiary/aromatic N) is 3. The molecule has 1 saturated carbocycles. The largest absolute Gasteiger partial charge is 0.330 e. The quantitative estimate of drug-likeness (QED) is 0.847. The number of aromatic nitrogens is 2. The summed E-state index contributed by atoms with van der Waals surface area (Å²) in [6.07, 6.45) is 6.45. The van der Waals surface area contributed by atoms with Gasteiger partial charge in [0.25, 0.3) is 5.91 Å². The van der Waals surface area contributed by atoms with E-state index in [4.69, 9.17) is 0 Å². The van der Waals surface area contributed by atoms with E-state index in [2.05, 4.69) is 48.5 Å². The van der Waals surface area contributed by atoms with Crippen molar-refractivity contribution >= 4 is 5.91 Å². The van der Waals surface area contributed by atoms with E-state index in [1.807, 2.05) is 21.8 Å². The first kappa shape index (κ1) is 18.2. The minimum absolute atomic E-state index is 0.0629. The molecule has 4 rings (SSSR count). The Morgan fingerprint density at radius 3 is 2.63 bits per heavy atom. The Kier molecular flexibility index (Phi) is 5.30. The van der Waals surface area contributed by atoms with Crippen LogP contribution in [0, 0.1) is 0 Å². The van der Waals surface area contributed by atoms with E-state index in [-0.39, 0.29) is 5.91 Å². The molecule has 1 aromatic heterocycles. The summed E-state index contributed by atoms with van der Waals surface area (Å²) in [6, 6.07) is 11.3. The molecule has 1 N–H and O–H groups in total. The molecule has 0 spiro atoms. The molecular formula is C22H30N4O. The highest BCUT2D eigenvalue weighted by Crippen LogP contribution is 2.30. The van der Waals surface area contributed by atoms with Crippen molar-refractivity contribution < 1.29 is 4.79 Å². The Morgan fingerprint density at radius 2 is 2.00 bits per heavy atom. The molecule has 0 bridgehead atoms. The van der Waals surface area contributed by atoms with E-state index in [9.17, 15) is 4.79 Å². The van der Waals surface area contributed by atoms with E-state index in [1.165, 1.54) is 11.1 Å². The van der Waals surface area contributed by atoms with E-state index in [0.29, 0.717) is 30.2 Å². The van der Waals surface area contributed by atoms with Crippen molar-refractivity contribution in [2.45, 2.75) is 64.1 Å². The highest BCUT2D eigenvalue weighted by atomic mass is 16.2. The number of carbonyl (C=O) groups excluding carboxylic acids is 1. The standard InChI is InChI=1S/C22H30N4O/c1-16(2)18-7-5-17(6-8-18)15-25(19-9-10-19)22(27)21-11-13-26(24-21)20-4-3-12-23-14-20/h5-8,11,13,16,19-20,23H,3-4,9-10,12,14-15H2,1-2H3. The van der Waals surface area contributed by atoms with Crippen LogP contribution in [-0.4, -0.2) is 39.7 Å². The van der Waals surface area contributed by atoms with E-state index < -0.39 is 0 Å². The number of amides is 1. The van der Waals surface area contributed by atoms with Gasteiger partial charge in [0.05, 0.1) is 6.04 Å². The van der Waals surface area contributed by atoms with Gasteiger partial charge in [-0.3, -0.25) is 9.48 Å². The minimum atomic E-state index is 0.0629. The molecule has 2 heterocycles. The second-order valence-corrected chi connectivity index (χ2v) is 8.24. The summed E-state index contributed by atoms with van der Waals surface area (Å²) < 4.78 is 1.97. The summed E-state index contributed by atoms with van der Waals surface area (Å²) in [5.74, 6) is 0.589. The second kappa shape index (κ2) is 7.85. The van der Waals surface area contributed by atoms with Gasteiger partial charge in [0.1, 0.15) is 5.69 Å². The lowest BCUT2D eigenvalue weighted by Gasteiger charge is -2.23. The summed E-state index contributed by atoms with van der Waals surface area (Å²) in [5.41, 5.74) is 3.10. The van der Waals surface area contributed by atoms with Crippen molar-refractivity contribution in [3.05, 3.63) is 53.3 Å². The zero-order chi connectivity index (χ0) is 18.8. The van der Waals surface area contributed by atoms with E-state index in [1.54, 1.807) is 0 Å². The number of hydrogen-bond donors (Lipinski definition) is 1. The molecule has 144 valence electrons. The summed E-state index contributed by atoms with van der Waals surface area (Å²) >= 11 is 0. The van der Waals surface area contributed by atoms with Crippen molar-refractivity contribution in [1.82, 2.24) is 20.0 Å². The third kappa shape index (κ3) is 4.24. The first-order valence-electron chi connectivity index (χ1n) is 10.3. The first-order chi connectivity index (χ1) is 13.1. The van der Waals surface area contributed by atoms with Gasteiger partial charge in [-0.05, 0) is 55.3 Å². The molecule has 1 saturated heterocycles. The van der Waals surface area contributed by atoms with Crippen LogP contribution in [-0.2, 0) is 6.54 Å². The smallest absolute Gasteiger partial charge is 0.274 e. The van der Waals surface area contributed by atoms with Crippen molar-refractivity contribution in [3.8, 4) is 0 Å². The fourth-order valence-corrected chi connectivity index (χ4v) is 3.82. The van der Waals surface area contributed by atoms with Crippen LogP contribution in [0.2, 0.25) is 0 Å². The average molecular weight is 367 g/mol. The van der Waals surface area contributed by atoms with Crippen molar-refractivity contribution in [1.29, 1.82) is 0 Å². The van der Waals surface area contributed by atoms with Crippen LogP contribution in [0.5, 0.6) is 0 Å².